The van der Waals surface area contributed by atoms with Gasteiger partial charge in [0.25, 0.3) is 0 Å². The van der Waals surface area contributed by atoms with Crippen LogP contribution in [0.15, 0.2) is 35.6 Å². The van der Waals surface area contributed by atoms with E-state index in [1.54, 1.807) is 24.3 Å². The number of nitrogens with zero attached hydrogens (tertiary/aromatic N) is 1. The minimum absolute atomic E-state index is 0.252. The molecule has 0 aliphatic carbocycles. The molecule has 92 valence electrons. The van der Waals surface area contributed by atoms with Gasteiger partial charge in [0.05, 0.1) is 5.03 Å². The highest BCUT2D eigenvalue weighted by Gasteiger charge is 2.34. The standard InChI is InChI=1S/C12H13ClFNO2/c1-8(16-2)15-12(11(13)7-17-15)9-3-5-10(14)6-4-9/h3-8,12H,1-2H3. The van der Waals surface area contributed by atoms with E-state index in [2.05, 4.69) is 0 Å². The molecular formula is C12H13ClFNO2. The van der Waals surface area contributed by atoms with Crippen molar-refractivity contribution in [2.45, 2.75) is 19.2 Å². The molecule has 2 rings (SSSR count). The van der Waals surface area contributed by atoms with Crippen LogP contribution < -0.4 is 0 Å². The van der Waals surface area contributed by atoms with Crippen molar-refractivity contribution >= 4 is 11.6 Å². The number of benzene rings is 1. The summed E-state index contributed by atoms with van der Waals surface area (Å²) in [5.41, 5.74) is 0.856. The molecule has 0 amide bonds. The van der Waals surface area contributed by atoms with Crippen LogP contribution in [0, 0.1) is 5.82 Å². The topological polar surface area (TPSA) is 21.7 Å². The predicted molar refractivity (Wildman–Crippen MR) is 62.5 cm³/mol. The fraction of sp³-hybridized carbons (Fsp3) is 0.333. The largest absolute Gasteiger partial charge is 0.409 e. The first-order valence-corrected chi connectivity index (χ1v) is 5.60. The Morgan fingerprint density at radius 3 is 2.65 bits per heavy atom. The summed E-state index contributed by atoms with van der Waals surface area (Å²) in [4.78, 5) is 5.34. The van der Waals surface area contributed by atoms with Crippen LogP contribution in [0.3, 0.4) is 0 Å². The zero-order chi connectivity index (χ0) is 12.4. The summed E-state index contributed by atoms with van der Waals surface area (Å²) in [5.74, 6) is -0.279. The summed E-state index contributed by atoms with van der Waals surface area (Å²) in [6.45, 7) is 1.85. The van der Waals surface area contributed by atoms with E-state index in [9.17, 15) is 4.39 Å². The second-order valence-corrected chi connectivity index (χ2v) is 4.19. The van der Waals surface area contributed by atoms with Crippen molar-refractivity contribution < 1.29 is 14.0 Å². The number of hydroxylamine groups is 2. The maximum absolute atomic E-state index is 12.9. The second kappa shape index (κ2) is 5.04. The summed E-state index contributed by atoms with van der Waals surface area (Å²) in [5, 5.41) is 2.16. The lowest BCUT2D eigenvalue weighted by Gasteiger charge is -2.27. The highest BCUT2D eigenvalue weighted by atomic mass is 35.5. The third-order valence-electron chi connectivity index (χ3n) is 2.69. The van der Waals surface area contributed by atoms with Crippen molar-refractivity contribution in [2.75, 3.05) is 7.11 Å². The molecule has 0 spiro atoms. The van der Waals surface area contributed by atoms with Crippen LogP contribution in [0.1, 0.15) is 18.5 Å². The Hall–Kier alpha value is -1.10. The van der Waals surface area contributed by atoms with E-state index >= 15 is 0 Å². The minimum Gasteiger partial charge on any atom is -0.409 e. The Kier molecular flexibility index (Phi) is 3.66. The molecule has 1 aliphatic heterocycles. The fourth-order valence-electron chi connectivity index (χ4n) is 1.71. The highest BCUT2D eigenvalue weighted by molar-refractivity contribution is 6.30. The fourth-order valence-corrected chi connectivity index (χ4v) is 1.97. The molecule has 1 aromatic carbocycles. The van der Waals surface area contributed by atoms with Gasteiger partial charge in [-0.05, 0) is 24.6 Å². The maximum Gasteiger partial charge on any atom is 0.141 e. The molecular weight excluding hydrogens is 245 g/mol. The van der Waals surface area contributed by atoms with E-state index < -0.39 is 0 Å². The molecule has 0 N–H and O–H groups in total. The van der Waals surface area contributed by atoms with Crippen LogP contribution in [-0.2, 0) is 9.57 Å². The molecule has 1 aromatic rings. The predicted octanol–water partition coefficient (Wildman–Crippen LogP) is 3.19. The first-order chi connectivity index (χ1) is 8.13. The summed E-state index contributed by atoms with van der Waals surface area (Å²) in [7, 11) is 1.59. The zero-order valence-electron chi connectivity index (χ0n) is 9.56. The van der Waals surface area contributed by atoms with Crippen LogP contribution in [0.2, 0.25) is 0 Å². The molecule has 3 nitrogen and oxygen atoms in total. The molecule has 0 saturated heterocycles. The lowest BCUT2D eigenvalue weighted by molar-refractivity contribution is -0.208. The molecule has 1 heterocycles. The SMILES string of the molecule is COC(C)N1OC=C(Cl)C1c1ccc(F)cc1. The van der Waals surface area contributed by atoms with Crippen molar-refractivity contribution in [3.8, 4) is 0 Å². The number of hydrogen-bond acceptors (Lipinski definition) is 3. The molecule has 5 heteroatoms. The molecule has 0 radical (unpaired) electrons. The number of hydrogen-bond donors (Lipinski definition) is 0. The van der Waals surface area contributed by atoms with Gasteiger partial charge in [-0.2, -0.15) is 0 Å². The monoisotopic (exact) mass is 257 g/mol. The van der Waals surface area contributed by atoms with Gasteiger partial charge in [-0.25, -0.2) is 4.39 Å². The van der Waals surface area contributed by atoms with E-state index in [0.717, 1.165) is 5.56 Å². The lowest BCUT2D eigenvalue weighted by atomic mass is 10.1. The molecule has 2 atom stereocenters. The summed E-state index contributed by atoms with van der Waals surface area (Å²) < 4.78 is 18.1. The molecule has 0 saturated carbocycles. The molecule has 17 heavy (non-hydrogen) atoms. The lowest BCUT2D eigenvalue weighted by Crippen LogP contribution is -2.33. The van der Waals surface area contributed by atoms with Crippen LogP contribution >= 0.6 is 11.6 Å². The van der Waals surface area contributed by atoms with Crippen molar-refractivity contribution in [3.05, 3.63) is 46.9 Å². The van der Waals surface area contributed by atoms with E-state index in [1.807, 2.05) is 6.92 Å². The van der Waals surface area contributed by atoms with Gasteiger partial charge in [0, 0.05) is 7.11 Å². The Morgan fingerprint density at radius 2 is 2.06 bits per heavy atom. The van der Waals surface area contributed by atoms with E-state index in [0.29, 0.717) is 5.03 Å². The highest BCUT2D eigenvalue weighted by Crippen LogP contribution is 2.37. The molecule has 0 bridgehead atoms. The third-order valence-corrected chi connectivity index (χ3v) is 2.98. The normalized spacial score (nSPS) is 22.1. The summed E-state index contributed by atoms with van der Waals surface area (Å²) in [6, 6.07) is 5.90. The number of halogens is 2. The zero-order valence-corrected chi connectivity index (χ0v) is 10.3. The van der Waals surface area contributed by atoms with Gasteiger partial charge >= 0.3 is 0 Å². The number of methoxy groups -OCH3 is 1. The van der Waals surface area contributed by atoms with Gasteiger partial charge in [-0.15, -0.1) is 5.06 Å². The van der Waals surface area contributed by atoms with Gasteiger partial charge in [0.1, 0.15) is 24.3 Å². The smallest absolute Gasteiger partial charge is 0.141 e. The van der Waals surface area contributed by atoms with Gasteiger partial charge < -0.3 is 9.57 Å². The van der Waals surface area contributed by atoms with Crippen molar-refractivity contribution in [1.29, 1.82) is 0 Å². The summed E-state index contributed by atoms with van der Waals surface area (Å²) in [6.07, 6.45) is 1.21. The van der Waals surface area contributed by atoms with Crippen molar-refractivity contribution in [2.24, 2.45) is 0 Å². The second-order valence-electron chi connectivity index (χ2n) is 3.76. The van der Waals surface area contributed by atoms with Gasteiger partial charge in [-0.3, -0.25) is 0 Å². The van der Waals surface area contributed by atoms with Crippen molar-refractivity contribution in [3.63, 3.8) is 0 Å². The van der Waals surface area contributed by atoms with Crippen molar-refractivity contribution in [1.82, 2.24) is 5.06 Å². The van der Waals surface area contributed by atoms with E-state index in [4.69, 9.17) is 21.2 Å². The summed E-state index contributed by atoms with van der Waals surface area (Å²) >= 11 is 6.09. The first kappa shape index (κ1) is 12.4. The average molecular weight is 258 g/mol. The van der Waals surface area contributed by atoms with Gasteiger partial charge in [0.2, 0.25) is 0 Å². The van der Waals surface area contributed by atoms with E-state index in [1.165, 1.54) is 18.4 Å². The van der Waals surface area contributed by atoms with Crippen LogP contribution in [0.4, 0.5) is 4.39 Å². The van der Waals surface area contributed by atoms with Gasteiger partial charge in [0.15, 0.2) is 0 Å². The molecule has 2 unspecified atom stereocenters. The number of ether oxygens (including phenoxy) is 1. The Labute approximate surface area is 104 Å². The quantitative estimate of drug-likeness (QED) is 0.830. The van der Waals surface area contributed by atoms with Gasteiger partial charge in [-0.1, -0.05) is 23.7 Å². The minimum atomic E-state index is -0.279. The Bertz CT molecular complexity index is 421. The number of rotatable bonds is 3. The molecule has 0 aromatic heterocycles. The molecule has 0 fully saturated rings. The van der Waals surface area contributed by atoms with Crippen LogP contribution in [0.25, 0.3) is 0 Å². The molecule has 1 aliphatic rings. The maximum atomic E-state index is 12.9. The Morgan fingerprint density at radius 1 is 1.41 bits per heavy atom. The average Bonchev–Trinajstić information content (AvgIpc) is 2.71. The third kappa shape index (κ3) is 2.44. The first-order valence-electron chi connectivity index (χ1n) is 5.22. The Balaban J connectivity index is 2.27. The van der Waals surface area contributed by atoms with E-state index in [-0.39, 0.29) is 18.1 Å². The van der Waals surface area contributed by atoms with Crippen LogP contribution in [-0.4, -0.2) is 18.4 Å². The van der Waals surface area contributed by atoms with Crippen LogP contribution in [0.5, 0.6) is 0 Å².